The largest absolute Gasteiger partial charge is 0.507 e. The van der Waals surface area contributed by atoms with Crippen molar-refractivity contribution in [1.29, 1.82) is 0 Å². The van der Waals surface area contributed by atoms with Gasteiger partial charge in [0.15, 0.2) is 0 Å². The highest BCUT2D eigenvalue weighted by atomic mass is 16.3. The van der Waals surface area contributed by atoms with Gasteiger partial charge in [-0.3, -0.25) is 9.55 Å². The molecule has 8 aromatic rings. The smallest absolute Gasteiger partial charge is 0.149 e. The second-order valence-electron chi connectivity index (χ2n) is 13.7. The second-order valence-corrected chi connectivity index (χ2v) is 13.7. The van der Waals surface area contributed by atoms with Crippen LogP contribution in [0.2, 0.25) is 0 Å². The lowest BCUT2D eigenvalue weighted by Crippen LogP contribution is -2.11. The Balaban J connectivity index is 1.38. The second kappa shape index (κ2) is 12.6. The van der Waals surface area contributed by atoms with Gasteiger partial charge in [-0.2, -0.15) is 0 Å². The van der Waals surface area contributed by atoms with Crippen molar-refractivity contribution < 1.29 is 5.11 Å². The first kappa shape index (κ1) is 31.0. The van der Waals surface area contributed by atoms with Crippen LogP contribution in [0.25, 0.3) is 72.7 Å². The summed E-state index contributed by atoms with van der Waals surface area (Å²) in [6, 6.07) is 54.1. The Kier molecular flexibility index (Phi) is 7.85. The predicted octanol–water partition coefficient (Wildman–Crippen LogP) is 11.8. The molecule has 0 bridgehead atoms. The SMILES string of the molecule is CC(C)(C)c1cc(-c2cc(-c3ccccc3)ccn2)cc(-c2cccc3c2nc(-c2ccccc2O)n3-c2ccccc2-c2ccccc2)c1. The van der Waals surface area contributed by atoms with Crippen LogP contribution in [0.1, 0.15) is 26.3 Å². The molecule has 0 spiro atoms. The first-order valence-electron chi connectivity index (χ1n) is 17.0. The minimum absolute atomic E-state index is 0.106. The lowest BCUT2D eigenvalue weighted by Gasteiger charge is -2.22. The number of aromatic nitrogens is 3. The molecule has 2 heterocycles. The van der Waals surface area contributed by atoms with Gasteiger partial charge in [0.05, 0.1) is 28.0 Å². The summed E-state index contributed by atoms with van der Waals surface area (Å²) in [5.74, 6) is 0.863. The fourth-order valence-electron chi connectivity index (χ4n) is 6.71. The number of hydrogen-bond donors (Lipinski definition) is 1. The molecule has 1 N–H and O–H groups in total. The highest BCUT2D eigenvalue weighted by Gasteiger charge is 2.23. The molecule has 8 rings (SSSR count). The molecule has 6 aromatic carbocycles. The standard InChI is InChI=1S/C46H37N3O/c1-46(2,3)36-28-34(27-35(29-36)40-30-33(25-26-47-40)31-15-6-4-7-16-31)38-21-14-23-42-44(38)48-45(39-20-11-13-24-43(39)50)49(42)41-22-12-10-19-37(41)32-17-8-5-9-18-32/h4-30,50H,1-3H3. The van der Waals surface area contributed by atoms with Crippen LogP contribution in [0.3, 0.4) is 0 Å². The molecule has 4 heteroatoms. The molecule has 0 saturated carbocycles. The Labute approximate surface area is 293 Å². The molecule has 242 valence electrons. The summed E-state index contributed by atoms with van der Waals surface area (Å²) in [7, 11) is 0. The molecule has 0 saturated heterocycles. The van der Waals surface area contributed by atoms with E-state index < -0.39 is 0 Å². The van der Waals surface area contributed by atoms with E-state index in [-0.39, 0.29) is 11.2 Å². The van der Waals surface area contributed by atoms with Gasteiger partial charge < -0.3 is 5.11 Å². The summed E-state index contributed by atoms with van der Waals surface area (Å²) >= 11 is 0. The lowest BCUT2D eigenvalue weighted by atomic mass is 9.83. The quantitative estimate of drug-likeness (QED) is 0.195. The number of phenolic OH excluding ortho intramolecular Hbond substituents is 1. The zero-order valence-electron chi connectivity index (χ0n) is 28.4. The van der Waals surface area contributed by atoms with Crippen molar-refractivity contribution in [2.75, 3.05) is 0 Å². The Morgan fingerprint density at radius 1 is 0.520 bits per heavy atom. The summed E-state index contributed by atoms with van der Waals surface area (Å²) in [6.45, 7) is 6.74. The van der Waals surface area contributed by atoms with Crippen LogP contribution < -0.4 is 0 Å². The zero-order valence-corrected chi connectivity index (χ0v) is 28.4. The van der Waals surface area contributed by atoms with Gasteiger partial charge in [-0.25, -0.2) is 4.98 Å². The van der Waals surface area contributed by atoms with E-state index >= 15 is 0 Å². The van der Waals surface area contributed by atoms with Gasteiger partial charge in [0.2, 0.25) is 0 Å². The van der Waals surface area contributed by atoms with Crippen LogP contribution in [0.5, 0.6) is 5.75 Å². The summed E-state index contributed by atoms with van der Waals surface area (Å²) in [6.07, 6.45) is 1.90. The zero-order chi connectivity index (χ0) is 34.2. The minimum atomic E-state index is -0.106. The topological polar surface area (TPSA) is 50.9 Å². The molecule has 0 unspecified atom stereocenters. The average molecular weight is 648 g/mol. The van der Waals surface area contributed by atoms with E-state index in [9.17, 15) is 5.11 Å². The Hall–Kier alpha value is -6.26. The normalized spacial score (nSPS) is 11.6. The van der Waals surface area contributed by atoms with E-state index in [0.29, 0.717) is 11.4 Å². The molecular formula is C46H37N3O. The Morgan fingerprint density at radius 2 is 1.16 bits per heavy atom. The maximum Gasteiger partial charge on any atom is 0.149 e. The molecule has 50 heavy (non-hydrogen) atoms. The monoisotopic (exact) mass is 647 g/mol. The van der Waals surface area contributed by atoms with E-state index in [4.69, 9.17) is 9.97 Å². The van der Waals surface area contributed by atoms with Crippen LogP contribution in [0.4, 0.5) is 0 Å². The Morgan fingerprint density at radius 3 is 1.90 bits per heavy atom. The molecule has 0 aliphatic rings. The van der Waals surface area contributed by atoms with Crippen molar-refractivity contribution in [3.8, 4) is 67.5 Å². The molecule has 0 atom stereocenters. The first-order chi connectivity index (χ1) is 24.3. The number of benzene rings is 6. The molecule has 0 aliphatic heterocycles. The molecule has 4 nitrogen and oxygen atoms in total. The van der Waals surface area contributed by atoms with Crippen molar-refractivity contribution in [3.05, 3.63) is 169 Å². The van der Waals surface area contributed by atoms with Crippen molar-refractivity contribution in [3.63, 3.8) is 0 Å². The van der Waals surface area contributed by atoms with Gasteiger partial charge in [-0.1, -0.05) is 130 Å². The minimum Gasteiger partial charge on any atom is -0.507 e. The lowest BCUT2D eigenvalue weighted by molar-refractivity contribution is 0.477. The van der Waals surface area contributed by atoms with Crippen molar-refractivity contribution >= 4 is 11.0 Å². The van der Waals surface area contributed by atoms with E-state index in [1.165, 1.54) is 5.56 Å². The van der Waals surface area contributed by atoms with E-state index in [2.05, 4.69) is 147 Å². The molecular weight excluding hydrogens is 611 g/mol. The van der Waals surface area contributed by atoms with Crippen LogP contribution >= 0.6 is 0 Å². The highest BCUT2D eigenvalue weighted by Crippen LogP contribution is 2.41. The number of fused-ring (bicyclic) bond motifs is 1. The van der Waals surface area contributed by atoms with Crippen molar-refractivity contribution in [2.24, 2.45) is 0 Å². The highest BCUT2D eigenvalue weighted by molar-refractivity contribution is 5.97. The third-order valence-electron chi connectivity index (χ3n) is 9.33. The predicted molar refractivity (Wildman–Crippen MR) is 206 cm³/mol. The number of phenols is 1. The van der Waals surface area contributed by atoms with E-state index in [1.54, 1.807) is 6.07 Å². The van der Waals surface area contributed by atoms with Crippen LogP contribution in [0, 0.1) is 0 Å². The van der Waals surface area contributed by atoms with Gasteiger partial charge in [0.25, 0.3) is 0 Å². The van der Waals surface area contributed by atoms with Gasteiger partial charge in [0.1, 0.15) is 11.6 Å². The summed E-state index contributed by atoms with van der Waals surface area (Å²) in [5.41, 5.74) is 13.1. The number of rotatable bonds is 6. The van der Waals surface area contributed by atoms with Crippen molar-refractivity contribution in [2.45, 2.75) is 26.2 Å². The van der Waals surface area contributed by atoms with E-state index in [0.717, 1.165) is 61.4 Å². The fourth-order valence-corrected chi connectivity index (χ4v) is 6.71. The first-order valence-corrected chi connectivity index (χ1v) is 17.0. The number of hydrogen-bond acceptors (Lipinski definition) is 3. The molecule has 0 fully saturated rings. The van der Waals surface area contributed by atoms with Gasteiger partial charge in [-0.05, 0) is 81.8 Å². The third kappa shape index (κ3) is 5.75. The Bertz CT molecular complexity index is 2470. The van der Waals surface area contributed by atoms with Gasteiger partial charge >= 0.3 is 0 Å². The summed E-state index contributed by atoms with van der Waals surface area (Å²) in [5, 5.41) is 11.2. The van der Waals surface area contributed by atoms with Crippen LogP contribution in [-0.2, 0) is 5.41 Å². The molecule has 0 amide bonds. The third-order valence-corrected chi connectivity index (χ3v) is 9.33. The van der Waals surface area contributed by atoms with Crippen molar-refractivity contribution in [1.82, 2.24) is 14.5 Å². The number of imidazole rings is 1. The maximum atomic E-state index is 11.2. The summed E-state index contributed by atoms with van der Waals surface area (Å²) < 4.78 is 2.19. The number of para-hydroxylation sites is 3. The molecule has 0 radical (unpaired) electrons. The number of pyridine rings is 1. The fraction of sp³-hybridized carbons (Fsp3) is 0.0870. The molecule has 2 aromatic heterocycles. The van der Waals surface area contributed by atoms with E-state index in [1.807, 2.05) is 36.5 Å². The average Bonchev–Trinajstić information content (AvgIpc) is 3.55. The number of aromatic hydroxyl groups is 1. The van der Waals surface area contributed by atoms with Crippen LogP contribution in [-0.4, -0.2) is 19.6 Å². The van der Waals surface area contributed by atoms with Gasteiger partial charge in [-0.15, -0.1) is 0 Å². The maximum absolute atomic E-state index is 11.2. The van der Waals surface area contributed by atoms with Gasteiger partial charge in [0, 0.05) is 22.9 Å². The molecule has 0 aliphatic carbocycles. The van der Waals surface area contributed by atoms with Crippen LogP contribution in [0.15, 0.2) is 164 Å². The number of nitrogens with zero attached hydrogens (tertiary/aromatic N) is 3. The summed E-state index contributed by atoms with van der Waals surface area (Å²) in [4.78, 5) is 10.2.